The second kappa shape index (κ2) is 8.47. The molecule has 1 aromatic carbocycles. The van der Waals surface area contributed by atoms with Crippen molar-refractivity contribution in [3.63, 3.8) is 0 Å². The van der Waals surface area contributed by atoms with Crippen molar-refractivity contribution in [1.82, 2.24) is 15.4 Å². The number of aromatic nitrogens is 2. The Morgan fingerprint density at radius 2 is 2.12 bits per heavy atom. The SMILES string of the molecule is CCOC(=O)N/N=C/c1ccccc1Oc1nc(C)cc(OC)n1. The van der Waals surface area contributed by atoms with Crippen LogP contribution in [0.25, 0.3) is 0 Å². The van der Waals surface area contributed by atoms with Crippen LogP contribution in [0.4, 0.5) is 4.79 Å². The Morgan fingerprint density at radius 1 is 1.33 bits per heavy atom. The molecule has 2 aromatic rings. The number of para-hydroxylation sites is 1. The maximum atomic E-state index is 11.2. The molecule has 0 aliphatic rings. The molecule has 0 atom stereocenters. The summed E-state index contributed by atoms with van der Waals surface area (Å²) in [5.74, 6) is 0.896. The molecule has 0 saturated carbocycles. The quantitative estimate of drug-likeness (QED) is 0.646. The molecule has 1 amide bonds. The molecule has 0 radical (unpaired) electrons. The highest BCUT2D eigenvalue weighted by Gasteiger charge is 2.08. The third-order valence-corrected chi connectivity index (χ3v) is 2.77. The molecule has 0 unspecified atom stereocenters. The lowest BCUT2D eigenvalue weighted by molar-refractivity contribution is 0.152. The lowest BCUT2D eigenvalue weighted by Gasteiger charge is -2.08. The Morgan fingerprint density at radius 3 is 2.88 bits per heavy atom. The molecule has 1 aromatic heterocycles. The molecule has 1 heterocycles. The Kier molecular flexibility index (Phi) is 6.07. The van der Waals surface area contributed by atoms with Crippen LogP contribution in [0.2, 0.25) is 0 Å². The van der Waals surface area contributed by atoms with E-state index in [1.54, 1.807) is 31.2 Å². The van der Waals surface area contributed by atoms with Crippen LogP contribution in [-0.2, 0) is 4.74 Å². The van der Waals surface area contributed by atoms with Gasteiger partial charge in [-0.3, -0.25) is 0 Å². The number of nitrogens with zero attached hydrogens (tertiary/aromatic N) is 3. The van der Waals surface area contributed by atoms with E-state index >= 15 is 0 Å². The molecule has 1 N–H and O–H groups in total. The van der Waals surface area contributed by atoms with Gasteiger partial charge in [-0.1, -0.05) is 12.1 Å². The minimum atomic E-state index is -0.626. The van der Waals surface area contributed by atoms with Crippen LogP contribution >= 0.6 is 0 Å². The second-order valence-corrected chi connectivity index (χ2v) is 4.56. The molecule has 24 heavy (non-hydrogen) atoms. The second-order valence-electron chi connectivity index (χ2n) is 4.56. The van der Waals surface area contributed by atoms with Gasteiger partial charge in [0, 0.05) is 17.3 Å². The number of methoxy groups -OCH3 is 1. The van der Waals surface area contributed by atoms with Crippen molar-refractivity contribution >= 4 is 12.3 Å². The molecule has 0 spiro atoms. The van der Waals surface area contributed by atoms with Crippen LogP contribution in [-0.4, -0.2) is 36.0 Å². The van der Waals surface area contributed by atoms with Gasteiger partial charge >= 0.3 is 12.1 Å². The number of ether oxygens (including phenoxy) is 3. The number of benzene rings is 1. The van der Waals surface area contributed by atoms with Crippen molar-refractivity contribution < 1.29 is 19.0 Å². The van der Waals surface area contributed by atoms with Gasteiger partial charge in [0.15, 0.2) is 0 Å². The van der Waals surface area contributed by atoms with E-state index in [-0.39, 0.29) is 12.6 Å². The van der Waals surface area contributed by atoms with Gasteiger partial charge in [-0.05, 0) is 26.0 Å². The molecule has 126 valence electrons. The Balaban J connectivity index is 2.15. The number of nitrogens with one attached hydrogen (secondary N) is 1. The Hall–Kier alpha value is -3.16. The highest BCUT2D eigenvalue weighted by atomic mass is 16.5. The molecular weight excluding hydrogens is 312 g/mol. The fraction of sp³-hybridized carbons (Fsp3) is 0.250. The van der Waals surface area contributed by atoms with Crippen LogP contribution in [0.3, 0.4) is 0 Å². The molecule has 0 fully saturated rings. The average Bonchev–Trinajstić information content (AvgIpc) is 2.56. The first-order valence-corrected chi connectivity index (χ1v) is 7.24. The van der Waals surface area contributed by atoms with Crippen molar-refractivity contribution in [1.29, 1.82) is 0 Å². The highest BCUT2D eigenvalue weighted by molar-refractivity contribution is 5.84. The first-order valence-electron chi connectivity index (χ1n) is 7.24. The third kappa shape index (κ3) is 4.94. The van der Waals surface area contributed by atoms with E-state index in [9.17, 15) is 4.79 Å². The first-order chi connectivity index (χ1) is 11.6. The normalized spacial score (nSPS) is 10.5. The predicted octanol–water partition coefficient (Wildman–Crippen LogP) is 2.67. The number of rotatable bonds is 6. The van der Waals surface area contributed by atoms with Crippen LogP contribution < -0.4 is 14.9 Å². The topological polar surface area (TPSA) is 94.9 Å². The highest BCUT2D eigenvalue weighted by Crippen LogP contribution is 2.23. The molecule has 0 aliphatic heterocycles. The maximum absolute atomic E-state index is 11.2. The minimum Gasteiger partial charge on any atom is -0.481 e. The monoisotopic (exact) mass is 330 g/mol. The summed E-state index contributed by atoms with van der Waals surface area (Å²) in [6.45, 7) is 3.80. The summed E-state index contributed by atoms with van der Waals surface area (Å²) < 4.78 is 15.5. The van der Waals surface area contributed by atoms with E-state index in [0.717, 1.165) is 0 Å². The lowest BCUT2D eigenvalue weighted by atomic mass is 10.2. The summed E-state index contributed by atoms with van der Waals surface area (Å²) in [4.78, 5) is 19.5. The van der Waals surface area contributed by atoms with Crippen LogP contribution in [0.15, 0.2) is 35.4 Å². The van der Waals surface area contributed by atoms with Gasteiger partial charge in [0.2, 0.25) is 5.88 Å². The Bertz CT molecular complexity index is 734. The lowest BCUT2D eigenvalue weighted by Crippen LogP contribution is -2.18. The van der Waals surface area contributed by atoms with Gasteiger partial charge in [0.05, 0.1) is 19.9 Å². The zero-order valence-corrected chi connectivity index (χ0v) is 13.6. The smallest absolute Gasteiger partial charge is 0.427 e. The van der Waals surface area contributed by atoms with Gasteiger partial charge in [-0.2, -0.15) is 15.1 Å². The number of hydrogen-bond donors (Lipinski definition) is 1. The van der Waals surface area contributed by atoms with Crippen LogP contribution in [0.5, 0.6) is 17.6 Å². The van der Waals surface area contributed by atoms with E-state index in [0.29, 0.717) is 22.9 Å². The zero-order valence-electron chi connectivity index (χ0n) is 13.6. The fourth-order valence-corrected chi connectivity index (χ4v) is 1.76. The molecule has 0 bridgehead atoms. The maximum Gasteiger partial charge on any atom is 0.427 e. The number of hydrazone groups is 1. The van der Waals surface area contributed by atoms with Gasteiger partial charge in [0.1, 0.15) is 5.75 Å². The van der Waals surface area contributed by atoms with E-state index < -0.39 is 6.09 Å². The van der Waals surface area contributed by atoms with E-state index in [1.807, 2.05) is 13.0 Å². The predicted molar refractivity (Wildman–Crippen MR) is 87.6 cm³/mol. The minimum absolute atomic E-state index is 0.158. The fourth-order valence-electron chi connectivity index (χ4n) is 1.76. The van der Waals surface area contributed by atoms with Gasteiger partial charge in [-0.25, -0.2) is 10.2 Å². The summed E-state index contributed by atoms with van der Waals surface area (Å²) in [5.41, 5.74) is 3.60. The summed E-state index contributed by atoms with van der Waals surface area (Å²) in [6, 6.07) is 8.99. The third-order valence-electron chi connectivity index (χ3n) is 2.77. The van der Waals surface area contributed by atoms with Crippen molar-refractivity contribution in [2.75, 3.05) is 13.7 Å². The molecule has 0 saturated heterocycles. The molecule has 2 rings (SSSR count). The zero-order chi connectivity index (χ0) is 17.4. The molecular formula is C16H18N4O4. The van der Waals surface area contributed by atoms with Crippen LogP contribution in [0.1, 0.15) is 18.2 Å². The van der Waals surface area contributed by atoms with Crippen molar-refractivity contribution in [2.24, 2.45) is 5.10 Å². The van der Waals surface area contributed by atoms with Crippen LogP contribution in [0, 0.1) is 6.92 Å². The largest absolute Gasteiger partial charge is 0.481 e. The molecule has 0 aliphatic carbocycles. The number of amides is 1. The summed E-state index contributed by atoms with van der Waals surface area (Å²) in [5, 5.41) is 3.82. The average molecular weight is 330 g/mol. The summed E-state index contributed by atoms with van der Waals surface area (Å²) in [6.07, 6.45) is 0.818. The van der Waals surface area contributed by atoms with Gasteiger partial charge in [-0.15, -0.1) is 0 Å². The molecule has 8 heteroatoms. The molecule has 8 nitrogen and oxygen atoms in total. The number of carbonyl (C=O) groups is 1. The summed E-state index contributed by atoms with van der Waals surface area (Å²) in [7, 11) is 1.52. The number of carbonyl (C=O) groups excluding carboxylic acids is 1. The first kappa shape index (κ1) is 17.2. The van der Waals surface area contributed by atoms with Crippen molar-refractivity contribution in [3.8, 4) is 17.6 Å². The number of aryl methyl sites for hydroxylation is 1. The van der Waals surface area contributed by atoms with E-state index in [2.05, 4.69) is 20.5 Å². The number of hydrogen-bond acceptors (Lipinski definition) is 7. The summed E-state index contributed by atoms with van der Waals surface area (Å²) >= 11 is 0. The Labute approximate surface area is 139 Å². The van der Waals surface area contributed by atoms with E-state index in [1.165, 1.54) is 13.3 Å². The standard InChI is InChI=1S/C16H18N4O4/c1-4-23-16(21)20-17-10-12-7-5-6-8-13(12)24-15-18-11(2)9-14(19-15)22-3/h5-10H,4H2,1-3H3,(H,20,21)/b17-10+. The van der Waals surface area contributed by atoms with Crippen molar-refractivity contribution in [2.45, 2.75) is 13.8 Å². The van der Waals surface area contributed by atoms with Gasteiger partial charge < -0.3 is 14.2 Å². The van der Waals surface area contributed by atoms with Crippen molar-refractivity contribution in [3.05, 3.63) is 41.6 Å². The van der Waals surface area contributed by atoms with E-state index in [4.69, 9.17) is 14.2 Å². The van der Waals surface area contributed by atoms with Gasteiger partial charge in [0.25, 0.3) is 0 Å².